The summed E-state index contributed by atoms with van der Waals surface area (Å²) in [5, 5.41) is 24.2. The maximum absolute atomic E-state index is 13.9. The van der Waals surface area contributed by atoms with E-state index in [1.807, 2.05) is 39.0 Å². The average molecular weight is 736 g/mol. The van der Waals surface area contributed by atoms with Gasteiger partial charge in [-0.05, 0) is 60.9 Å². The predicted octanol–water partition coefficient (Wildman–Crippen LogP) is 1.12. The Morgan fingerprint density at radius 2 is 1.45 bits per heavy atom. The Bertz CT molecular complexity index is 1530. The van der Waals surface area contributed by atoms with Crippen LogP contribution in [0.2, 0.25) is 0 Å². The molecule has 0 saturated carbocycles. The molecule has 15 heteroatoms. The van der Waals surface area contributed by atoms with Crippen LogP contribution in [0.4, 0.5) is 5.69 Å². The highest BCUT2D eigenvalue weighted by atomic mass is 16.4. The number of rotatable bonds is 20. The van der Waals surface area contributed by atoms with Gasteiger partial charge in [-0.3, -0.25) is 24.2 Å². The van der Waals surface area contributed by atoms with Gasteiger partial charge in [0.15, 0.2) is 5.96 Å². The molecule has 1 heterocycles. The molecule has 0 unspecified atom stereocenters. The number of aliphatic imine (C=N–C) groups is 1. The van der Waals surface area contributed by atoms with E-state index in [1.165, 1.54) is 0 Å². The summed E-state index contributed by atoms with van der Waals surface area (Å²) in [6.07, 6.45) is 1.35. The number of hydrogen-bond donors (Lipinski definition) is 8. The molecule has 2 aromatic rings. The summed E-state index contributed by atoms with van der Waals surface area (Å²) in [5.74, 6) is -3.97. The van der Waals surface area contributed by atoms with Crippen molar-refractivity contribution in [3.8, 4) is 0 Å². The van der Waals surface area contributed by atoms with Crippen molar-refractivity contribution in [2.24, 2.45) is 28.3 Å². The Morgan fingerprint density at radius 1 is 0.830 bits per heavy atom. The number of carbonyl (C=O) groups is 5. The zero-order valence-electron chi connectivity index (χ0n) is 31.3. The quantitative estimate of drug-likeness (QED) is 0.0549. The number of nitrogens with one attached hydrogen (secondary N) is 5. The summed E-state index contributed by atoms with van der Waals surface area (Å²) < 4.78 is 0. The topological polar surface area (TPSA) is 233 Å². The number of aliphatic carboxylic acids is 1. The molecule has 0 aromatic heterocycles. The van der Waals surface area contributed by atoms with Crippen LogP contribution in [0.25, 0.3) is 0 Å². The molecule has 10 N–H and O–H groups in total. The molecule has 1 fully saturated rings. The minimum Gasteiger partial charge on any atom is -0.480 e. The van der Waals surface area contributed by atoms with E-state index in [0.717, 1.165) is 37.4 Å². The van der Waals surface area contributed by atoms with E-state index in [-0.39, 0.29) is 43.6 Å². The molecule has 0 radical (unpaired) electrons. The third-order valence-corrected chi connectivity index (χ3v) is 9.21. The number of piperazine rings is 1. The van der Waals surface area contributed by atoms with Gasteiger partial charge in [0.2, 0.25) is 17.7 Å². The molecule has 2 aromatic carbocycles. The van der Waals surface area contributed by atoms with Crippen molar-refractivity contribution >= 4 is 41.2 Å². The SMILES string of the molecule is CC[C@H](C)[C@H](NC(=O)[C@H](CC(C)C)NC(=O)[C@H](CCCN=C(N)N)NC(=O)c1ccc(N2CCNCC2)cc1)C(=O)N[C@@H](Cc1ccccc1)C(=O)O. The van der Waals surface area contributed by atoms with Gasteiger partial charge >= 0.3 is 5.97 Å². The molecule has 15 nitrogen and oxygen atoms in total. The first-order valence-electron chi connectivity index (χ1n) is 18.4. The van der Waals surface area contributed by atoms with Gasteiger partial charge in [-0.25, -0.2) is 4.79 Å². The molecule has 1 saturated heterocycles. The molecule has 1 aliphatic heterocycles. The Kier molecular flexibility index (Phi) is 17.0. The lowest BCUT2D eigenvalue weighted by Gasteiger charge is -2.29. The van der Waals surface area contributed by atoms with E-state index in [4.69, 9.17) is 11.5 Å². The maximum atomic E-state index is 13.9. The van der Waals surface area contributed by atoms with Crippen molar-refractivity contribution < 1.29 is 29.1 Å². The fourth-order valence-electron chi connectivity index (χ4n) is 6.00. The summed E-state index contributed by atoms with van der Waals surface area (Å²) in [6, 6.07) is 11.7. The lowest BCUT2D eigenvalue weighted by molar-refractivity contribution is -0.142. The van der Waals surface area contributed by atoms with E-state index in [0.29, 0.717) is 18.4 Å². The number of anilines is 1. The van der Waals surface area contributed by atoms with Crippen molar-refractivity contribution in [1.29, 1.82) is 0 Å². The average Bonchev–Trinajstić information content (AvgIpc) is 3.14. The van der Waals surface area contributed by atoms with Gasteiger partial charge in [-0.1, -0.05) is 64.4 Å². The number of amides is 4. The molecule has 1 aliphatic rings. The van der Waals surface area contributed by atoms with Gasteiger partial charge in [-0.2, -0.15) is 0 Å². The van der Waals surface area contributed by atoms with Crippen molar-refractivity contribution in [2.45, 2.75) is 84.0 Å². The van der Waals surface area contributed by atoms with Crippen LogP contribution in [0.1, 0.15) is 69.3 Å². The second kappa shape index (κ2) is 21.4. The smallest absolute Gasteiger partial charge is 0.326 e. The Hall–Kier alpha value is -5.18. The van der Waals surface area contributed by atoms with Gasteiger partial charge in [0.25, 0.3) is 5.91 Å². The highest BCUT2D eigenvalue weighted by Gasteiger charge is 2.34. The van der Waals surface area contributed by atoms with Crippen LogP contribution in [0.15, 0.2) is 59.6 Å². The maximum Gasteiger partial charge on any atom is 0.326 e. The van der Waals surface area contributed by atoms with Crippen molar-refractivity contribution in [3.05, 3.63) is 65.7 Å². The molecular weight excluding hydrogens is 678 g/mol. The third kappa shape index (κ3) is 14.0. The summed E-state index contributed by atoms with van der Waals surface area (Å²) in [4.78, 5) is 73.0. The second-order valence-corrected chi connectivity index (χ2v) is 13.9. The van der Waals surface area contributed by atoms with Crippen molar-refractivity contribution in [3.63, 3.8) is 0 Å². The fourth-order valence-corrected chi connectivity index (χ4v) is 6.00. The van der Waals surface area contributed by atoms with Crippen LogP contribution in [0.3, 0.4) is 0 Å². The number of carbonyl (C=O) groups excluding carboxylic acids is 4. The van der Waals surface area contributed by atoms with Crippen LogP contribution in [0, 0.1) is 11.8 Å². The Morgan fingerprint density at radius 3 is 2.04 bits per heavy atom. The monoisotopic (exact) mass is 735 g/mol. The lowest BCUT2D eigenvalue weighted by atomic mass is 9.96. The third-order valence-electron chi connectivity index (χ3n) is 9.21. The van der Waals surface area contributed by atoms with Crippen LogP contribution in [-0.2, 0) is 25.6 Å². The largest absolute Gasteiger partial charge is 0.480 e. The minimum absolute atomic E-state index is 0.0340. The van der Waals surface area contributed by atoms with Crippen LogP contribution < -0.4 is 43.0 Å². The number of benzene rings is 2. The number of carboxylic acid groups (broad SMARTS) is 1. The zero-order chi connectivity index (χ0) is 38.9. The van der Waals surface area contributed by atoms with Gasteiger partial charge < -0.3 is 48.1 Å². The summed E-state index contributed by atoms with van der Waals surface area (Å²) in [5.41, 5.74) is 13.1. The van der Waals surface area contributed by atoms with Crippen LogP contribution in [0.5, 0.6) is 0 Å². The minimum atomic E-state index is -1.22. The van der Waals surface area contributed by atoms with E-state index in [2.05, 4.69) is 36.5 Å². The molecule has 53 heavy (non-hydrogen) atoms. The first-order chi connectivity index (χ1) is 25.3. The van der Waals surface area contributed by atoms with Crippen LogP contribution >= 0.6 is 0 Å². The number of hydrogen-bond acceptors (Lipinski definition) is 8. The highest BCUT2D eigenvalue weighted by molar-refractivity contribution is 5.99. The van der Waals surface area contributed by atoms with E-state index >= 15 is 0 Å². The highest BCUT2D eigenvalue weighted by Crippen LogP contribution is 2.17. The van der Waals surface area contributed by atoms with Gasteiger partial charge in [-0.15, -0.1) is 0 Å². The number of guanidine groups is 1. The van der Waals surface area contributed by atoms with Crippen molar-refractivity contribution in [2.75, 3.05) is 37.6 Å². The normalized spacial score (nSPS) is 15.6. The first kappa shape index (κ1) is 42.2. The predicted molar refractivity (Wildman–Crippen MR) is 205 cm³/mol. The Balaban J connectivity index is 1.77. The van der Waals surface area contributed by atoms with E-state index < -0.39 is 53.8 Å². The number of carboxylic acids is 1. The molecule has 0 spiro atoms. The summed E-state index contributed by atoms with van der Waals surface area (Å²) in [7, 11) is 0. The molecule has 4 amide bonds. The Labute approximate surface area is 312 Å². The molecule has 0 aliphatic carbocycles. The number of nitrogens with zero attached hydrogens (tertiary/aromatic N) is 2. The fraction of sp³-hybridized carbons (Fsp3) is 0.526. The molecule has 5 atom stereocenters. The van der Waals surface area contributed by atoms with E-state index in [9.17, 15) is 29.1 Å². The summed E-state index contributed by atoms with van der Waals surface area (Å²) in [6.45, 7) is 11.1. The van der Waals surface area contributed by atoms with E-state index in [1.54, 1.807) is 43.3 Å². The van der Waals surface area contributed by atoms with Gasteiger partial charge in [0, 0.05) is 50.4 Å². The second-order valence-electron chi connectivity index (χ2n) is 13.9. The molecule has 290 valence electrons. The lowest BCUT2D eigenvalue weighted by Crippen LogP contribution is -2.59. The molecule has 3 rings (SSSR count). The summed E-state index contributed by atoms with van der Waals surface area (Å²) >= 11 is 0. The van der Waals surface area contributed by atoms with Gasteiger partial charge in [0.05, 0.1) is 0 Å². The van der Waals surface area contributed by atoms with Crippen molar-refractivity contribution in [1.82, 2.24) is 26.6 Å². The zero-order valence-corrected chi connectivity index (χ0v) is 31.3. The standard InChI is InChI=1S/C38H57N9O6/c1-5-25(4)32(36(51)45-31(37(52)53)23-26-10-7-6-8-11-26)46-35(50)30(22-24(2)3)44-34(49)29(12-9-17-42-38(39)40)43-33(48)27-13-15-28(16-14-27)47-20-18-41-19-21-47/h6-8,10-11,13-16,24-25,29-32,41H,5,9,12,17-23H2,1-4H3,(H,43,48)(H,44,49)(H,45,51)(H,46,50)(H,52,53)(H4,39,40,42)/t25-,29-,30-,31-,32-/m0/s1. The first-order valence-corrected chi connectivity index (χ1v) is 18.4. The molecular formula is C38H57N9O6. The van der Waals surface area contributed by atoms with Crippen LogP contribution in [-0.4, -0.2) is 97.6 Å². The molecule has 0 bridgehead atoms. The number of nitrogens with two attached hydrogens (primary N) is 2. The van der Waals surface area contributed by atoms with Gasteiger partial charge in [0.1, 0.15) is 24.2 Å².